The lowest BCUT2D eigenvalue weighted by Crippen LogP contribution is -2.41. The number of aryl methyl sites for hydroxylation is 1. The van der Waals surface area contributed by atoms with Crippen molar-refractivity contribution in [3.8, 4) is 11.5 Å². The van der Waals surface area contributed by atoms with Crippen LogP contribution in [0.4, 0.5) is 5.69 Å². The summed E-state index contributed by atoms with van der Waals surface area (Å²) < 4.78 is 38.0. The van der Waals surface area contributed by atoms with Gasteiger partial charge in [0.2, 0.25) is 15.9 Å². The molecule has 0 saturated heterocycles. The Morgan fingerprint density at radius 2 is 1.69 bits per heavy atom. The van der Waals surface area contributed by atoms with Crippen molar-refractivity contribution in [2.75, 3.05) is 19.5 Å². The van der Waals surface area contributed by atoms with Crippen molar-refractivity contribution in [1.82, 2.24) is 4.72 Å². The van der Waals surface area contributed by atoms with Gasteiger partial charge in [0.15, 0.2) is 0 Å². The fourth-order valence-electron chi connectivity index (χ4n) is 2.33. The van der Waals surface area contributed by atoms with Crippen LogP contribution >= 0.6 is 0 Å². The molecule has 0 unspecified atom stereocenters. The van der Waals surface area contributed by atoms with Gasteiger partial charge in [0.1, 0.15) is 16.4 Å². The second-order valence-electron chi connectivity index (χ2n) is 5.69. The monoisotopic (exact) mass is 378 g/mol. The topological polar surface area (TPSA) is 93.7 Å². The van der Waals surface area contributed by atoms with Crippen LogP contribution in [0.3, 0.4) is 0 Å². The minimum Gasteiger partial charge on any atom is -0.495 e. The van der Waals surface area contributed by atoms with Crippen LogP contribution in [0.1, 0.15) is 12.5 Å². The Kier molecular flexibility index (Phi) is 6.23. The Morgan fingerprint density at radius 1 is 1.04 bits per heavy atom. The van der Waals surface area contributed by atoms with E-state index in [2.05, 4.69) is 10.0 Å². The smallest absolute Gasteiger partial charge is 0.244 e. The Balaban J connectivity index is 2.19. The molecule has 2 aromatic rings. The van der Waals surface area contributed by atoms with E-state index in [9.17, 15) is 13.2 Å². The number of rotatable bonds is 7. The van der Waals surface area contributed by atoms with Gasteiger partial charge in [-0.3, -0.25) is 4.79 Å². The van der Waals surface area contributed by atoms with Crippen molar-refractivity contribution in [3.05, 3.63) is 48.0 Å². The van der Waals surface area contributed by atoms with Crippen LogP contribution in [-0.4, -0.2) is 34.6 Å². The fourth-order valence-corrected chi connectivity index (χ4v) is 3.79. The first-order valence-electron chi connectivity index (χ1n) is 7.89. The molecule has 2 aromatic carbocycles. The largest absolute Gasteiger partial charge is 0.495 e. The van der Waals surface area contributed by atoms with E-state index in [4.69, 9.17) is 9.47 Å². The lowest BCUT2D eigenvalue weighted by molar-refractivity contribution is -0.117. The first-order valence-corrected chi connectivity index (χ1v) is 9.37. The van der Waals surface area contributed by atoms with E-state index in [1.54, 1.807) is 43.3 Å². The van der Waals surface area contributed by atoms with Gasteiger partial charge in [-0.2, -0.15) is 4.72 Å². The number of para-hydroxylation sites is 2. The number of ether oxygens (including phenoxy) is 2. The Labute approximate surface area is 153 Å². The van der Waals surface area contributed by atoms with Gasteiger partial charge in [-0.05, 0) is 43.7 Å². The summed E-state index contributed by atoms with van der Waals surface area (Å²) in [7, 11) is -1.07. The predicted octanol–water partition coefficient (Wildman–Crippen LogP) is 2.32. The first-order chi connectivity index (χ1) is 12.3. The third-order valence-electron chi connectivity index (χ3n) is 3.70. The summed E-state index contributed by atoms with van der Waals surface area (Å²) in [6.45, 7) is 3.24. The van der Waals surface area contributed by atoms with Crippen LogP contribution < -0.4 is 19.5 Å². The van der Waals surface area contributed by atoms with Gasteiger partial charge in [0.25, 0.3) is 0 Å². The van der Waals surface area contributed by atoms with E-state index in [1.807, 2.05) is 0 Å². The van der Waals surface area contributed by atoms with Crippen molar-refractivity contribution in [2.24, 2.45) is 0 Å². The van der Waals surface area contributed by atoms with Crippen LogP contribution in [0.2, 0.25) is 0 Å². The average Bonchev–Trinajstić information content (AvgIpc) is 2.61. The summed E-state index contributed by atoms with van der Waals surface area (Å²) in [4.78, 5) is 12.4. The number of carbonyl (C=O) groups excluding carboxylic acids is 1. The Hall–Kier alpha value is -2.58. The van der Waals surface area contributed by atoms with Crippen LogP contribution in [0.5, 0.6) is 11.5 Å². The molecule has 0 aliphatic heterocycles. The molecule has 2 rings (SSSR count). The molecule has 1 atom stereocenters. The number of hydrogen-bond acceptors (Lipinski definition) is 5. The zero-order valence-corrected chi connectivity index (χ0v) is 15.9. The summed E-state index contributed by atoms with van der Waals surface area (Å²) >= 11 is 0. The molecule has 1 amide bonds. The van der Waals surface area contributed by atoms with Crippen LogP contribution in [0.25, 0.3) is 0 Å². The highest BCUT2D eigenvalue weighted by Crippen LogP contribution is 2.25. The number of anilines is 1. The summed E-state index contributed by atoms with van der Waals surface area (Å²) in [5.74, 6) is 0.182. The van der Waals surface area contributed by atoms with Crippen LogP contribution in [0.15, 0.2) is 47.4 Å². The molecule has 0 aliphatic rings. The third kappa shape index (κ3) is 4.53. The standard InChI is InChI=1S/C18H22N2O5S/c1-12-9-10-16(25-4)17(11-12)26(22,23)20-13(2)18(21)19-14-7-5-6-8-15(14)24-3/h5-11,13,20H,1-4H3,(H,19,21)/t13-/m0/s1. The minimum absolute atomic E-state index is 0.0167. The fraction of sp³-hybridized carbons (Fsp3) is 0.278. The number of carbonyl (C=O) groups is 1. The molecule has 0 radical (unpaired) electrons. The number of hydrogen-bond donors (Lipinski definition) is 2. The summed E-state index contributed by atoms with van der Waals surface area (Å²) in [6, 6.07) is 10.7. The van der Waals surface area contributed by atoms with E-state index >= 15 is 0 Å². The second kappa shape index (κ2) is 8.20. The molecule has 0 bridgehead atoms. The highest BCUT2D eigenvalue weighted by atomic mass is 32.2. The number of methoxy groups -OCH3 is 2. The maximum atomic E-state index is 12.7. The van der Waals surface area contributed by atoms with Gasteiger partial charge < -0.3 is 14.8 Å². The molecule has 0 spiro atoms. The number of amides is 1. The molecular formula is C18H22N2O5S. The van der Waals surface area contributed by atoms with Crippen molar-refractivity contribution in [3.63, 3.8) is 0 Å². The molecule has 0 aromatic heterocycles. The Morgan fingerprint density at radius 3 is 2.35 bits per heavy atom. The molecule has 26 heavy (non-hydrogen) atoms. The van der Waals surface area contributed by atoms with Crippen molar-refractivity contribution >= 4 is 21.6 Å². The average molecular weight is 378 g/mol. The highest BCUT2D eigenvalue weighted by molar-refractivity contribution is 7.89. The van der Waals surface area contributed by atoms with Gasteiger partial charge in [0.05, 0.1) is 25.9 Å². The lowest BCUT2D eigenvalue weighted by atomic mass is 10.2. The molecule has 2 N–H and O–H groups in total. The maximum Gasteiger partial charge on any atom is 0.244 e. The van der Waals surface area contributed by atoms with E-state index < -0.39 is 22.0 Å². The Bertz CT molecular complexity index is 896. The molecule has 0 saturated carbocycles. The van der Waals surface area contributed by atoms with Gasteiger partial charge in [-0.1, -0.05) is 18.2 Å². The van der Waals surface area contributed by atoms with Crippen molar-refractivity contribution < 1.29 is 22.7 Å². The highest BCUT2D eigenvalue weighted by Gasteiger charge is 2.25. The quantitative estimate of drug-likeness (QED) is 0.771. The molecule has 8 heteroatoms. The summed E-state index contributed by atoms with van der Waals surface area (Å²) in [5, 5.41) is 2.65. The minimum atomic E-state index is -3.94. The maximum absolute atomic E-state index is 12.7. The van der Waals surface area contributed by atoms with Gasteiger partial charge in [0, 0.05) is 0 Å². The van der Waals surface area contributed by atoms with E-state index in [0.717, 1.165) is 5.56 Å². The molecule has 0 fully saturated rings. The van der Waals surface area contributed by atoms with Crippen molar-refractivity contribution in [2.45, 2.75) is 24.8 Å². The van der Waals surface area contributed by atoms with Gasteiger partial charge in [-0.25, -0.2) is 8.42 Å². The molecule has 7 nitrogen and oxygen atoms in total. The van der Waals surface area contributed by atoms with Gasteiger partial charge >= 0.3 is 0 Å². The number of nitrogens with one attached hydrogen (secondary N) is 2. The lowest BCUT2D eigenvalue weighted by Gasteiger charge is -2.17. The normalized spacial score (nSPS) is 12.3. The molecule has 140 valence electrons. The summed E-state index contributed by atoms with van der Waals surface area (Å²) in [5.41, 5.74) is 1.22. The second-order valence-corrected chi connectivity index (χ2v) is 7.37. The molecular weight excluding hydrogens is 356 g/mol. The number of benzene rings is 2. The summed E-state index contributed by atoms with van der Waals surface area (Å²) in [6.07, 6.45) is 0. The predicted molar refractivity (Wildman–Crippen MR) is 99.1 cm³/mol. The van der Waals surface area contributed by atoms with Gasteiger partial charge in [-0.15, -0.1) is 0 Å². The van der Waals surface area contributed by atoms with E-state index in [0.29, 0.717) is 11.4 Å². The molecule has 0 heterocycles. The zero-order valence-electron chi connectivity index (χ0n) is 15.1. The first kappa shape index (κ1) is 19.7. The third-order valence-corrected chi connectivity index (χ3v) is 5.26. The van der Waals surface area contributed by atoms with Crippen LogP contribution in [0, 0.1) is 6.92 Å². The van der Waals surface area contributed by atoms with E-state index in [1.165, 1.54) is 27.2 Å². The van der Waals surface area contributed by atoms with Crippen molar-refractivity contribution in [1.29, 1.82) is 0 Å². The SMILES string of the molecule is COc1ccccc1NC(=O)[C@H](C)NS(=O)(=O)c1cc(C)ccc1OC. The molecule has 0 aliphatic carbocycles. The van der Waals surface area contributed by atoms with Crippen LogP contribution in [-0.2, 0) is 14.8 Å². The van der Waals surface area contributed by atoms with E-state index in [-0.39, 0.29) is 10.6 Å². The number of sulfonamides is 1. The zero-order chi connectivity index (χ0) is 19.3.